The molecule has 4 heterocycles. The second-order valence-electron chi connectivity index (χ2n) is 28.9. The van der Waals surface area contributed by atoms with E-state index in [1.807, 2.05) is 65.0 Å². The Balaban J connectivity index is 1.32. The van der Waals surface area contributed by atoms with Crippen LogP contribution in [0.5, 0.6) is 0 Å². The predicted molar refractivity (Wildman–Crippen MR) is 415 cm³/mol. The summed E-state index contributed by atoms with van der Waals surface area (Å²) in [5, 5.41) is 25.6. The minimum atomic E-state index is -1.98. The van der Waals surface area contributed by atoms with Gasteiger partial charge in [0, 0.05) is 72.9 Å². The molecular weight excluding hydrogens is 1470 g/mol. The lowest BCUT2D eigenvalue weighted by Gasteiger charge is -2.52. The molecule has 1 amide bonds. The van der Waals surface area contributed by atoms with Crippen molar-refractivity contribution in [2.75, 3.05) is 85.8 Å². The molecule has 20 atom stereocenters. The van der Waals surface area contributed by atoms with Gasteiger partial charge in [-0.05, 0) is 100 Å². The smallest absolute Gasteiger partial charge is 0.407 e. The number of nitrogens with one attached hydrogen (secondary N) is 1. The van der Waals surface area contributed by atoms with Crippen LogP contribution in [0, 0.1) is 0 Å². The quantitative estimate of drug-likeness (QED) is 0.0268. The number of benzene rings is 3. The molecule has 3 N–H and O–H groups in total. The van der Waals surface area contributed by atoms with Crippen LogP contribution in [-0.4, -0.2) is 249 Å². The molecule has 7 rings (SSSR count). The number of aliphatic hydroxyl groups excluding tert-OH is 1. The van der Waals surface area contributed by atoms with Crippen LogP contribution in [0.1, 0.15) is 211 Å². The summed E-state index contributed by atoms with van der Waals surface area (Å²) in [4.78, 5) is 68.6. The van der Waals surface area contributed by atoms with Gasteiger partial charge < -0.3 is 110 Å². The number of unbranched alkanes of at least 4 members (excludes halogenated alkanes) is 10. The van der Waals surface area contributed by atoms with E-state index < -0.39 is 159 Å². The molecule has 0 radical (unpaired) electrons. The highest BCUT2D eigenvalue weighted by molar-refractivity contribution is 5.90. The van der Waals surface area contributed by atoms with Crippen molar-refractivity contribution < 1.29 is 129 Å². The number of hydrogen-bond donors (Lipinski definition) is 3. The number of esters is 3. The van der Waals surface area contributed by atoms with E-state index in [2.05, 4.69) is 26.1 Å². The lowest BCUT2D eigenvalue weighted by atomic mass is 9.94. The SMILES string of the molecule is CCCCOCC1O[C@@H](O[C@@H]2C(COC(C)=O)O[C@H](O[C@H]3C(COCCCC)O[C@H](OCCCCCNC(=O)OCc4ccccc4)C(OCCCC)[C@H]3OCCCC)C(OCCCC)[C@H]2OCCCC)[C@@H](OC(=O)c2ccccc2)C(OCCCC)[C@@H]1O[C@@H]1OC(C(=O)O)[C@@H](O)C(OCCCC)[C@@H]1OC(=O)c1ccccc1. The standard InChI is InChI=1S/C85H131NO27/c1-10-18-45-94-55-62-66(71(97-48-21-13-4)74(100-51-24-16-7)81(105-62)102-53-37-29-36-44-86-85(93)104-54-59-38-30-26-31-39-59)110-82-75(101-52-25-17-8)72(98-49-22-14-5)68(64(107-82)57-103-58(9)87)111-83-77(109-80(92)61-42-34-28-35-43-61)73(99-50-23-15-6)67(63(106-83)56-95-46-19-11-2)112-84-76(108-79(91)60-40-32-27-33-41-60)69(96-47-20-12-3)65(88)70(113-84)78(89)90/h26-28,30-35,38-43,62-77,81-84,88H,10-25,29,36-37,44-57H2,1-9H3,(H,86,93)(H,89,90)/t62?,63?,64?,65-,66-,67+,68+,69?,70?,71-,72-,73?,74?,75?,76-,77-,81-,82+,83-,84+/m0/s1. The molecule has 0 saturated carbocycles. The number of carboxylic acids is 1. The summed E-state index contributed by atoms with van der Waals surface area (Å²) < 4.78 is 135. The first-order valence-corrected chi connectivity index (χ1v) is 41.7. The first-order valence-electron chi connectivity index (χ1n) is 41.7. The number of hydrogen-bond acceptors (Lipinski definition) is 26. The highest BCUT2D eigenvalue weighted by Crippen LogP contribution is 2.41. The summed E-state index contributed by atoms with van der Waals surface area (Å²) in [6.07, 6.45) is -14.9. The zero-order chi connectivity index (χ0) is 81.0. The van der Waals surface area contributed by atoms with Crippen LogP contribution in [-0.2, 0) is 111 Å². The number of aliphatic carboxylic acids is 1. The zero-order valence-corrected chi connectivity index (χ0v) is 68.1. The summed E-state index contributed by atoms with van der Waals surface area (Å²) in [6.45, 7) is 19.4. The average molecular weight is 1600 g/mol. The van der Waals surface area contributed by atoms with Gasteiger partial charge in [0.15, 0.2) is 43.5 Å². The van der Waals surface area contributed by atoms with E-state index in [0.29, 0.717) is 110 Å². The van der Waals surface area contributed by atoms with Crippen LogP contribution in [0.2, 0.25) is 0 Å². The third-order valence-electron chi connectivity index (χ3n) is 19.6. The summed E-state index contributed by atoms with van der Waals surface area (Å²) >= 11 is 0. The maximum atomic E-state index is 15.1. The molecule has 4 fully saturated rings. The van der Waals surface area contributed by atoms with E-state index in [9.17, 15) is 29.4 Å². The Labute approximate surface area is 668 Å². The fourth-order valence-corrected chi connectivity index (χ4v) is 13.2. The van der Waals surface area contributed by atoms with Gasteiger partial charge in [0.2, 0.25) is 0 Å². The van der Waals surface area contributed by atoms with Gasteiger partial charge in [0.05, 0.1) is 24.3 Å². The predicted octanol–water partition coefficient (Wildman–Crippen LogP) is 12.4. The van der Waals surface area contributed by atoms with E-state index in [-0.39, 0.29) is 70.6 Å². The average Bonchev–Trinajstić information content (AvgIpc) is 0.761. The lowest BCUT2D eigenvalue weighted by Crippen LogP contribution is -2.69. The number of rotatable bonds is 56. The Bertz CT molecular complexity index is 3050. The Morgan fingerprint density at radius 3 is 1.18 bits per heavy atom. The van der Waals surface area contributed by atoms with E-state index in [0.717, 1.165) is 44.1 Å². The van der Waals surface area contributed by atoms with E-state index in [1.54, 1.807) is 48.5 Å². The maximum absolute atomic E-state index is 15.1. The highest BCUT2D eigenvalue weighted by atomic mass is 16.8. The topological polar surface area (TPSA) is 322 Å². The van der Waals surface area contributed by atoms with Crippen LogP contribution in [0.3, 0.4) is 0 Å². The molecular formula is C85H131NO27. The second-order valence-corrected chi connectivity index (χ2v) is 28.9. The van der Waals surface area contributed by atoms with Gasteiger partial charge >= 0.3 is 30.0 Å². The van der Waals surface area contributed by atoms with Crippen LogP contribution in [0.4, 0.5) is 4.79 Å². The highest BCUT2D eigenvalue weighted by Gasteiger charge is 2.60. The van der Waals surface area contributed by atoms with Crippen molar-refractivity contribution in [1.82, 2.24) is 5.32 Å². The molecule has 28 nitrogen and oxygen atoms in total. The van der Waals surface area contributed by atoms with E-state index in [4.69, 9.17) is 94.7 Å². The molecule has 28 heteroatoms. The maximum Gasteiger partial charge on any atom is 0.407 e. The normalized spacial score (nSPS) is 27.8. The number of carboxylic acid groups (broad SMARTS) is 1. The summed E-state index contributed by atoms with van der Waals surface area (Å²) in [5.74, 6) is -3.90. The van der Waals surface area contributed by atoms with Crippen molar-refractivity contribution in [2.24, 2.45) is 0 Å². The van der Waals surface area contributed by atoms with Gasteiger partial charge in [-0.15, -0.1) is 0 Å². The Kier molecular flexibility index (Phi) is 45.2. The minimum Gasteiger partial charge on any atom is -0.479 e. The zero-order valence-electron chi connectivity index (χ0n) is 68.1. The van der Waals surface area contributed by atoms with Crippen LogP contribution in [0.15, 0.2) is 91.0 Å². The van der Waals surface area contributed by atoms with E-state index in [1.165, 1.54) is 19.1 Å². The molecule has 0 bridgehead atoms. The van der Waals surface area contributed by atoms with Crippen molar-refractivity contribution in [3.05, 3.63) is 108 Å². The van der Waals surface area contributed by atoms with Gasteiger partial charge in [0.1, 0.15) is 92.6 Å². The summed E-state index contributed by atoms with van der Waals surface area (Å²) in [7, 11) is 0. The molecule has 638 valence electrons. The lowest BCUT2D eigenvalue weighted by molar-refractivity contribution is -0.395. The van der Waals surface area contributed by atoms with Gasteiger partial charge in [-0.2, -0.15) is 0 Å². The Hall–Kier alpha value is -5.87. The molecule has 113 heavy (non-hydrogen) atoms. The molecule has 3 aromatic carbocycles. The van der Waals surface area contributed by atoms with Crippen LogP contribution in [0.25, 0.3) is 0 Å². The van der Waals surface area contributed by atoms with Crippen molar-refractivity contribution >= 4 is 30.0 Å². The number of alkyl carbamates (subject to hydrolysis) is 1. The van der Waals surface area contributed by atoms with Crippen molar-refractivity contribution in [3.8, 4) is 0 Å². The Morgan fingerprint density at radius 2 is 0.735 bits per heavy atom. The molecule has 4 saturated heterocycles. The van der Waals surface area contributed by atoms with Crippen LogP contribution >= 0.6 is 0 Å². The molecule has 0 aliphatic carbocycles. The molecule has 3 aromatic rings. The fraction of sp³-hybridized carbons (Fsp3) is 0.729. The first-order chi connectivity index (χ1) is 55.1. The number of ether oxygens (including phenoxy) is 20. The van der Waals surface area contributed by atoms with Crippen molar-refractivity contribution in [2.45, 2.75) is 314 Å². The first kappa shape index (κ1) is 94.3. The van der Waals surface area contributed by atoms with E-state index >= 15 is 4.79 Å². The van der Waals surface area contributed by atoms with Gasteiger partial charge in [-0.25, -0.2) is 19.2 Å². The summed E-state index contributed by atoms with van der Waals surface area (Å²) in [6, 6.07) is 25.8. The Morgan fingerprint density at radius 1 is 0.372 bits per heavy atom. The minimum absolute atomic E-state index is 0.0309. The molecule has 8 unspecified atom stereocenters. The number of carbonyl (C=O) groups excluding carboxylic acids is 4. The molecule has 0 spiro atoms. The summed E-state index contributed by atoms with van der Waals surface area (Å²) in [5.41, 5.74) is 1.16. The van der Waals surface area contributed by atoms with Crippen LogP contribution < -0.4 is 5.32 Å². The van der Waals surface area contributed by atoms with Gasteiger partial charge in [-0.1, -0.05) is 173 Å². The largest absolute Gasteiger partial charge is 0.479 e. The number of amides is 1. The monoisotopic (exact) mass is 1600 g/mol. The molecule has 0 aromatic heterocycles. The fourth-order valence-electron chi connectivity index (χ4n) is 13.2. The third-order valence-corrected chi connectivity index (χ3v) is 19.6. The van der Waals surface area contributed by atoms with Crippen molar-refractivity contribution in [1.29, 1.82) is 0 Å². The number of aliphatic hydroxyl groups is 1. The molecule has 4 aliphatic heterocycles. The van der Waals surface area contributed by atoms with Gasteiger partial charge in [0.25, 0.3) is 0 Å². The second kappa shape index (κ2) is 54.2. The third kappa shape index (κ3) is 31.2. The van der Waals surface area contributed by atoms with Crippen molar-refractivity contribution in [3.63, 3.8) is 0 Å². The number of carbonyl (C=O) groups is 5. The van der Waals surface area contributed by atoms with Gasteiger partial charge in [-0.3, -0.25) is 4.79 Å². The molecule has 4 aliphatic rings.